The number of carbonyl (C=O) groups is 1. The predicted molar refractivity (Wildman–Crippen MR) is 140 cm³/mol. The maximum atomic E-state index is 12.9. The summed E-state index contributed by atoms with van der Waals surface area (Å²) in [5, 5.41) is 12.0. The Bertz CT molecular complexity index is 1360. The third kappa shape index (κ3) is 4.63. The minimum absolute atomic E-state index is 0.345. The van der Waals surface area contributed by atoms with Crippen LogP contribution in [0.2, 0.25) is 0 Å². The van der Waals surface area contributed by atoms with Crippen LogP contribution in [0.3, 0.4) is 0 Å². The van der Waals surface area contributed by atoms with Gasteiger partial charge in [-0.15, -0.1) is 0 Å². The van der Waals surface area contributed by atoms with Crippen LogP contribution in [0.5, 0.6) is 5.75 Å². The minimum Gasteiger partial charge on any atom is -0.494 e. The molecule has 1 aliphatic carbocycles. The Hall–Kier alpha value is -3.82. The maximum Gasteiger partial charge on any atom is 0.417 e. The zero-order valence-corrected chi connectivity index (χ0v) is 21.3. The van der Waals surface area contributed by atoms with Crippen molar-refractivity contribution in [2.45, 2.75) is 37.4 Å². The molecule has 9 heteroatoms. The second-order valence-corrected chi connectivity index (χ2v) is 10.0. The molecule has 0 saturated carbocycles. The van der Waals surface area contributed by atoms with Gasteiger partial charge < -0.3 is 29.0 Å². The first kappa shape index (κ1) is 24.5. The molecule has 1 spiro atoms. The van der Waals surface area contributed by atoms with E-state index in [1.165, 1.54) is 11.2 Å². The highest BCUT2D eigenvalue weighted by Crippen LogP contribution is 2.38. The molecule has 1 atom stereocenters. The molecule has 1 aromatic carbocycles. The molecule has 2 aromatic rings. The highest BCUT2D eigenvalue weighted by molar-refractivity contribution is 5.87. The highest BCUT2D eigenvalue weighted by Gasteiger charge is 2.49. The largest absolute Gasteiger partial charge is 0.494 e. The Morgan fingerprint density at radius 1 is 1.21 bits per heavy atom. The molecule has 1 amide bonds. The number of benzene rings is 1. The molecule has 198 valence electrons. The number of piperidine rings is 1. The zero-order chi connectivity index (χ0) is 26.1. The van der Waals surface area contributed by atoms with Crippen molar-refractivity contribution >= 4 is 17.0 Å². The van der Waals surface area contributed by atoms with Gasteiger partial charge in [-0.3, -0.25) is 4.98 Å². The molecule has 2 fully saturated rings. The smallest absolute Gasteiger partial charge is 0.417 e. The quantitative estimate of drug-likeness (QED) is 0.598. The van der Waals surface area contributed by atoms with E-state index in [0.717, 1.165) is 34.9 Å². The molecule has 3 aliphatic heterocycles. The number of carbonyl (C=O) groups excluding carboxylic acids is 1. The Morgan fingerprint density at radius 3 is 2.87 bits per heavy atom. The van der Waals surface area contributed by atoms with Crippen LogP contribution in [0, 0.1) is 0 Å². The van der Waals surface area contributed by atoms with E-state index in [4.69, 9.17) is 18.9 Å². The maximum absolute atomic E-state index is 12.9. The number of fused-ring (bicyclic) bond motifs is 1. The van der Waals surface area contributed by atoms with E-state index < -0.39 is 17.8 Å². The zero-order valence-electron chi connectivity index (χ0n) is 21.3. The van der Waals surface area contributed by atoms with Crippen molar-refractivity contribution in [3.63, 3.8) is 0 Å². The number of likely N-dealkylation sites (tertiary alicyclic amines) is 1. The number of hydrogen-bond donors (Lipinski definition) is 1. The van der Waals surface area contributed by atoms with E-state index in [1.807, 2.05) is 36.4 Å². The molecule has 2 saturated heterocycles. The van der Waals surface area contributed by atoms with Crippen molar-refractivity contribution in [2.75, 3.05) is 33.3 Å². The summed E-state index contributed by atoms with van der Waals surface area (Å²) in [6.45, 7) is 2.28. The third-order valence-electron chi connectivity index (χ3n) is 7.67. The van der Waals surface area contributed by atoms with Crippen molar-refractivity contribution < 1.29 is 28.8 Å². The topological polar surface area (TPSA) is 93.6 Å². The molecule has 4 aliphatic rings. The summed E-state index contributed by atoms with van der Waals surface area (Å²) in [5.74, 6) is 1.64. The van der Waals surface area contributed by atoms with E-state index in [0.29, 0.717) is 56.4 Å². The van der Waals surface area contributed by atoms with Gasteiger partial charge in [-0.25, -0.2) is 9.69 Å². The van der Waals surface area contributed by atoms with Gasteiger partial charge in [-0.1, -0.05) is 30.4 Å². The van der Waals surface area contributed by atoms with Crippen molar-refractivity contribution in [3.8, 4) is 5.75 Å². The van der Waals surface area contributed by atoms with Crippen LogP contribution in [-0.2, 0) is 14.2 Å². The second-order valence-electron chi connectivity index (χ2n) is 10.0. The Balaban J connectivity index is 1.08. The number of allylic oxidation sites excluding steroid dienone is 4. The van der Waals surface area contributed by atoms with E-state index in [1.54, 1.807) is 19.6 Å². The fourth-order valence-corrected chi connectivity index (χ4v) is 5.55. The summed E-state index contributed by atoms with van der Waals surface area (Å²) in [7, 11) is 1.62. The number of nitrogens with zero attached hydrogens (tertiary/aromatic N) is 3. The van der Waals surface area contributed by atoms with E-state index in [-0.39, 0.29) is 0 Å². The van der Waals surface area contributed by atoms with Crippen LogP contribution >= 0.6 is 0 Å². The Labute approximate surface area is 221 Å². The Morgan fingerprint density at radius 2 is 2.08 bits per heavy atom. The van der Waals surface area contributed by atoms with Crippen LogP contribution in [0.25, 0.3) is 10.9 Å². The number of β-amino-alcohol motifs (C(OH)–C–C–N with tert-alkyl or cyclic N) is 1. The van der Waals surface area contributed by atoms with E-state index in [9.17, 15) is 9.90 Å². The van der Waals surface area contributed by atoms with Gasteiger partial charge in [0.25, 0.3) is 0 Å². The molecule has 0 bridgehead atoms. The summed E-state index contributed by atoms with van der Waals surface area (Å²) >= 11 is 0. The van der Waals surface area contributed by atoms with Crippen LogP contribution in [0.15, 0.2) is 78.4 Å². The first-order valence-electron chi connectivity index (χ1n) is 13.0. The number of aliphatic hydroxyl groups excluding tert-OH is 1. The van der Waals surface area contributed by atoms with Crippen molar-refractivity contribution in [1.29, 1.82) is 0 Å². The number of amides is 1. The summed E-state index contributed by atoms with van der Waals surface area (Å²) in [4.78, 5) is 21.0. The molecule has 4 heterocycles. The van der Waals surface area contributed by atoms with Crippen molar-refractivity contribution in [2.24, 2.45) is 0 Å². The first-order chi connectivity index (χ1) is 18.5. The molecule has 9 nitrogen and oxygen atoms in total. The number of aliphatic hydroxyl groups is 1. The number of para-hydroxylation sites is 1. The molecule has 38 heavy (non-hydrogen) atoms. The summed E-state index contributed by atoms with van der Waals surface area (Å²) in [6.07, 6.45) is 12.8. The second kappa shape index (κ2) is 10.2. The fraction of sp³-hybridized carbons (Fsp3) is 0.379. The van der Waals surface area contributed by atoms with Crippen LogP contribution in [0.1, 0.15) is 37.4 Å². The highest BCUT2D eigenvalue weighted by atomic mass is 16.6. The molecule has 1 aromatic heterocycles. The van der Waals surface area contributed by atoms with Crippen LogP contribution in [0.4, 0.5) is 4.79 Å². The monoisotopic (exact) mass is 517 g/mol. The van der Waals surface area contributed by atoms with Gasteiger partial charge in [-0.05, 0) is 36.1 Å². The van der Waals surface area contributed by atoms with E-state index >= 15 is 0 Å². The Kier molecular flexibility index (Phi) is 6.55. The minimum atomic E-state index is -0.684. The summed E-state index contributed by atoms with van der Waals surface area (Å²) < 4.78 is 22.9. The summed E-state index contributed by atoms with van der Waals surface area (Å²) in [5.41, 5.74) is 2.00. The van der Waals surface area contributed by atoms with Crippen molar-refractivity contribution in [1.82, 2.24) is 14.8 Å². The lowest BCUT2D eigenvalue weighted by Crippen LogP contribution is -2.47. The number of hydrogen-bond acceptors (Lipinski definition) is 8. The standard InChI is InChI=1S/C29H31N3O6/c1-35-24-9-5-8-22-21(10-13-30-27(22)24)23(33)16-31-14-11-29(12-15-31)19-32(28(34)38-29)26-18-36-17-25(37-26)20-6-3-2-4-7-20/h2-3,5-6,8-10,13,17-18,23,33H,4,7,11-12,14-16,19H2,1H3/t23-/m0/s1. The van der Waals surface area contributed by atoms with Gasteiger partial charge in [0, 0.05) is 44.1 Å². The van der Waals surface area contributed by atoms with Gasteiger partial charge in [-0.2, -0.15) is 0 Å². The van der Waals surface area contributed by atoms with Gasteiger partial charge >= 0.3 is 6.09 Å². The number of aromatic nitrogens is 1. The molecule has 1 N–H and O–H groups in total. The van der Waals surface area contributed by atoms with E-state index in [2.05, 4.69) is 16.0 Å². The summed E-state index contributed by atoms with van der Waals surface area (Å²) in [6, 6.07) is 7.58. The normalized spacial score (nSPS) is 21.8. The average Bonchev–Trinajstić information content (AvgIpc) is 3.29. The molecule has 0 unspecified atom stereocenters. The number of ether oxygens (including phenoxy) is 4. The van der Waals surface area contributed by atoms with Crippen LogP contribution < -0.4 is 4.74 Å². The van der Waals surface area contributed by atoms with Crippen molar-refractivity contribution in [3.05, 3.63) is 84.0 Å². The number of pyridine rings is 1. The SMILES string of the molecule is COc1cccc2c([C@@H](O)CN3CCC4(CC3)CN(C3=COC=C(C5=CC=CCC5)O3)C(=O)O4)ccnc12. The lowest BCUT2D eigenvalue weighted by Gasteiger charge is -2.38. The third-order valence-corrected chi connectivity index (χ3v) is 7.67. The predicted octanol–water partition coefficient (Wildman–Crippen LogP) is 4.53. The fourth-order valence-electron chi connectivity index (χ4n) is 5.55. The lowest BCUT2D eigenvalue weighted by molar-refractivity contribution is -0.0101. The van der Waals surface area contributed by atoms with Gasteiger partial charge in [0.15, 0.2) is 12.0 Å². The average molecular weight is 518 g/mol. The molecular weight excluding hydrogens is 486 g/mol. The lowest BCUT2D eigenvalue weighted by atomic mass is 9.91. The van der Waals surface area contributed by atoms with Gasteiger partial charge in [0.2, 0.25) is 5.88 Å². The first-order valence-corrected chi connectivity index (χ1v) is 13.0. The number of rotatable bonds is 6. The molecule has 6 rings (SSSR count). The molecular formula is C29H31N3O6. The van der Waals surface area contributed by atoms with Crippen LogP contribution in [-0.4, -0.2) is 64.9 Å². The van der Waals surface area contributed by atoms with Gasteiger partial charge in [0.05, 0.1) is 19.8 Å². The molecule has 0 radical (unpaired) electrons. The number of methoxy groups -OCH3 is 1. The van der Waals surface area contributed by atoms with Gasteiger partial charge in [0.1, 0.15) is 23.1 Å².